The van der Waals surface area contributed by atoms with Crippen molar-refractivity contribution in [3.05, 3.63) is 30.9 Å². The summed E-state index contributed by atoms with van der Waals surface area (Å²) >= 11 is 0. The zero-order valence-corrected chi connectivity index (χ0v) is 14.0. The lowest BCUT2D eigenvalue weighted by Gasteiger charge is -2.23. The Labute approximate surface area is 141 Å². The smallest absolute Gasteiger partial charge is 0.155 e. The predicted octanol–water partition coefficient (Wildman–Crippen LogP) is 1.69. The normalized spacial score (nSPS) is 18.9. The zero-order chi connectivity index (χ0) is 16.5. The molecule has 24 heavy (non-hydrogen) atoms. The summed E-state index contributed by atoms with van der Waals surface area (Å²) in [6, 6.07) is 2.03. The van der Waals surface area contributed by atoms with Crippen LogP contribution in [0.15, 0.2) is 30.9 Å². The van der Waals surface area contributed by atoms with Crippen molar-refractivity contribution in [3.63, 3.8) is 0 Å². The average Bonchev–Trinajstić information content (AvgIpc) is 3.17. The first-order chi connectivity index (χ1) is 11.7. The number of anilines is 1. The summed E-state index contributed by atoms with van der Waals surface area (Å²) in [5.74, 6) is 1.63. The lowest BCUT2D eigenvalue weighted by molar-refractivity contribution is 0.485. The molecule has 1 aliphatic rings. The van der Waals surface area contributed by atoms with Crippen LogP contribution < -0.4 is 10.6 Å². The summed E-state index contributed by atoms with van der Waals surface area (Å²) in [5.41, 5.74) is 8.83. The van der Waals surface area contributed by atoms with Gasteiger partial charge in [-0.15, -0.1) is 0 Å². The highest BCUT2D eigenvalue weighted by molar-refractivity contribution is 5.72. The van der Waals surface area contributed by atoms with Gasteiger partial charge in [-0.1, -0.05) is 0 Å². The number of hydrogen-bond donors (Lipinski definition) is 1. The fraction of sp³-hybridized carbons (Fsp3) is 0.471. The molecule has 3 aromatic rings. The third-order valence-electron chi connectivity index (χ3n) is 4.85. The molecular formula is C17H23N7. The van der Waals surface area contributed by atoms with Crippen molar-refractivity contribution in [2.75, 3.05) is 24.5 Å². The van der Waals surface area contributed by atoms with Crippen LogP contribution >= 0.6 is 0 Å². The second kappa shape index (κ2) is 6.24. The van der Waals surface area contributed by atoms with Crippen LogP contribution in [0.25, 0.3) is 16.8 Å². The van der Waals surface area contributed by atoms with E-state index in [1.165, 1.54) is 6.42 Å². The number of rotatable bonds is 3. The Morgan fingerprint density at radius 2 is 2.12 bits per heavy atom. The maximum absolute atomic E-state index is 5.88. The van der Waals surface area contributed by atoms with E-state index in [4.69, 9.17) is 10.7 Å². The maximum Gasteiger partial charge on any atom is 0.155 e. The van der Waals surface area contributed by atoms with E-state index < -0.39 is 0 Å². The summed E-state index contributed by atoms with van der Waals surface area (Å²) in [7, 11) is 1.92. The molecule has 1 saturated heterocycles. The summed E-state index contributed by atoms with van der Waals surface area (Å²) in [6.07, 6.45) is 11.1. The second-order valence-corrected chi connectivity index (χ2v) is 6.53. The van der Waals surface area contributed by atoms with Gasteiger partial charge in [-0.3, -0.25) is 4.68 Å². The molecule has 1 unspecified atom stereocenters. The van der Waals surface area contributed by atoms with Crippen molar-refractivity contribution in [1.82, 2.24) is 24.4 Å². The molecule has 0 bridgehead atoms. The minimum absolute atomic E-state index is 0.623. The van der Waals surface area contributed by atoms with Gasteiger partial charge in [-0.2, -0.15) is 10.2 Å². The van der Waals surface area contributed by atoms with Crippen LogP contribution in [0, 0.1) is 5.92 Å². The number of fused-ring (bicyclic) bond motifs is 1. The molecule has 126 valence electrons. The molecule has 0 saturated carbocycles. The third kappa shape index (κ3) is 2.75. The number of aryl methyl sites for hydroxylation is 1. The van der Waals surface area contributed by atoms with Gasteiger partial charge in [0.1, 0.15) is 5.52 Å². The highest BCUT2D eigenvalue weighted by Gasteiger charge is 2.20. The Bertz CT molecular complexity index is 834. The Morgan fingerprint density at radius 3 is 2.92 bits per heavy atom. The van der Waals surface area contributed by atoms with Crippen LogP contribution in [-0.4, -0.2) is 44.0 Å². The van der Waals surface area contributed by atoms with Gasteiger partial charge >= 0.3 is 0 Å². The highest BCUT2D eigenvalue weighted by atomic mass is 15.3. The van der Waals surface area contributed by atoms with Gasteiger partial charge in [0.25, 0.3) is 0 Å². The number of nitrogens with two attached hydrogens (primary N) is 1. The van der Waals surface area contributed by atoms with Crippen LogP contribution in [-0.2, 0) is 7.05 Å². The molecule has 0 aliphatic carbocycles. The second-order valence-electron chi connectivity index (χ2n) is 6.53. The van der Waals surface area contributed by atoms with E-state index in [1.807, 2.05) is 42.4 Å². The zero-order valence-electron chi connectivity index (χ0n) is 14.0. The van der Waals surface area contributed by atoms with Gasteiger partial charge in [0.05, 0.1) is 24.3 Å². The van der Waals surface area contributed by atoms with Crippen LogP contribution in [0.3, 0.4) is 0 Å². The predicted molar refractivity (Wildman–Crippen MR) is 93.8 cm³/mol. The minimum atomic E-state index is 0.623. The van der Waals surface area contributed by atoms with E-state index >= 15 is 0 Å². The molecule has 0 spiro atoms. The molecule has 1 aliphatic heterocycles. The Balaban J connectivity index is 1.75. The van der Waals surface area contributed by atoms with Gasteiger partial charge in [-0.25, -0.2) is 9.50 Å². The van der Waals surface area contributed by atoms with Crippen molar-refractivity contribution in [3.8, 4) is 11.3 Å². The van der Waals surface area contributed by atoms with E-state index in [2.05, 4.69) is 15.1 Å². The summed E-state index contributed by atoms with van der Waals surface area (Å²) in [5, 5.41) is 8.68. The van der Waals surface area contributed by atoms with E-state index in [-0.39, 0.29) is 0 Å². The van der Waals surface area contributed by atoms with Crippen molar-refractivity contribution in [2.45, 2.75) is 19.3 Å². The molecule has 3 aromatic heterocycles. The van der Waals surface area contributed by atoms with E-state index in [9.17, 15) is 0 Å². The topological polar surface area (TPSA) is 77.3 Å². The Morgan fingerprint density at radius 1 is 1.21 bits per heavy atom. The van der Waals surface area contributed by atoms with Gasteiger partial charge in [0.15, 0.2) is 5.82 Å². The first kappa shape index (κ1) is 15.1. The lowest BCUT2D eigenvalue weighted by Crippen LogP contribution is -2.26. The van der Waals surface area contributed by atoms with Crippen LogP contribution in [0.2, 0.25) is 0 Å². The van der Waals surface area contributed by atoms with E-state index in [1.54, 1.807) is 4.68 Å². The first-order valence-corrected chi connectivity index (χ1v) is 8.53. The molecule has 4 rings (SSSR count). The number of hydrogen-bond acceptors (Lipinski definition) is 5. The summed E-state index contributed by atoms with van der Waals surface area (Å²) in [6.45, 7) is 2.78. The molecule has 0 aromatic carbocycles. The SMILES string of the molecule is Cn1cc(-c2cn3nccc3c(N3CCCC(CN)CC3)n2)cn1. The number of nitrogens with zero attached hydrogens (tertiary/aromatic N) is 6. The van der Waals surface area contributed by atoms with Gasteiger partial charge in [0.2, 0.25) is 0 Å². The molecule has 1 fully saturated rings. The van der Waals surface area contributed by atoms with Crippen LogP contribution in [0.5, 0.6) is 0 Å². The standard InChI is InChI=1S/C17H23N7/c1-22-11-14(10-20-22)15-12-24-16(4-6-19-24)17(21-15)23-7-2-3-13(9-18)5-8-23/h4,6,10-13H,2-3,5,7-9,18H2,1H3. The van der Waals surface area contributed by atoms with E-state index in [0.717, 1.165) is 55.1 Å². The van der Waals surface area contributed by atoms with Crippen molar-refractivity contribution in [1.29, 1.82) is 0 Å². The van der Waals surface area contributed by atoms with Crippen molar-refractivity contribution >= 4 is 11.3 Å². The largest absolute Gasteiger partial charge is 0.355 e. The summed E-state index contributed by atoms with van der Waals surface area (Å²) in [4.78, 5) is 7.33. The molecule has 7 heteroatoms. The highest BCUT2D eigenvalue weighted by Crippen LogP contribution is 2.27. The number of aromatic nitrogens is 5. The monoisotopic (exact) mass is 325 g/mol. The minimum Gasteiger partial charge on any atom is -0.355 e. The maximum atomic E-state index is 5.88. The van der Waals surface area contributed by atoms with Gasteiger partial charge in [-0.05, 0) is 37.8 Å². The fourth-order valence-electron chi connectivity index (χ4n) is 3.45. The van der Waals surface area contributed by atoms with E-state index in [0.29, 0.717) is 5.92 Å². The fourth-order valence-corrected chi connectivity index (χ4v) is 3.45. The molecular weight excluding hydrogens is 302 g/mol. The van der Waals surface area contributed by atoms with Crippen LogP contribution in [0.4, 0.5) is 5.82 Å². The molecule has 0 amide bonds. The Hall–Kier alpha value is -2.41. The Kier molecular flexibility index (Phi) is 3.93. The van der Waals surface area contributed by atoms with Crippen LogP contribution in [0.1, 0.15) is 19.3 Å². The molecule has 4 heterocycles. The van der Waals surface area contributed by atoms with Gasteiger partial charge in [0, 0.05) is 31.9 Å². The first-order valence-electron chi connectivity index (χ1n) is 8.53. The third-order valence-corrected chi connectivity index (χ3v) is 4.85. The van der Waals surface area contributed by atoms with Crippen molar-refractivity contribution < 1.29 is 0 Å². The van der Waals surface area contributed by atoms with Gasteiger partial charge < -0.3 is 10.6 Å². The molecule has 7 nitrogen and oxygen atoms in total. The molecule has 0 radical (unpaired) electrons. The van der Waals surface area contributed by atoms with Crippen molar-refractivity contribution in [2.24, 2.45) is 18.7 Å². The average molecular weight is 325 g/mol. The lowest BCUT2D eigenvalue weighted by atomic mass is 10.0. The summed E-state index contributed by atoms with van der Waals surface area (Å²) < 4.78 is 3.71. The quantitative estimate of drug-likeness (QED) is 0.793. The molecule has 2 N–H and O–H groups in total. The molecule has 1 atom stereocenters.